The molecule has 0 N–H and O–H groups in total. The van der Waals surface area contributed by atoms with Gasteiger partial charge < -0.3 is 0 Å². The van der Waals surface area contributed by atoms with Crippen LogP contribution < -0.4 is 0 Å². The number of rotatable bonds is 5. The lowest BCUT2D eigenvalue weighted by Gasteiger charge is -1.93. The molecule has 0 saturated heterocycles. The maximum absolute atomic E-state index is 2.32. The highest BCUT2D eigenvalue weighted by molar-refractivity contribution is 4.92. The van der Waals surface area contributed by atoms with Crippen molar-refractivity contribution in [3.8, 4) is 0 Å². The molecule has 0 heteroatoms. The highest BCUT2D eigenvalue weighted by Gasteiger charge is 1.83. The second-order valence-corrected chi connectivity index (χ2v) is 3.13. The fraction of sp³-hybridized carbons (Fsp3) is 0.636. The van der Waals surface area contributed by atoms with Crippen LogP contribution in [-0.4, -0.2) is 0 Å². The molecule has 0 aromatic heterocycles. The van der Waals surface area contributed by atoms with Gasteiger partial charge in [-0.2, -0.15) is 0 Å². The first kappa shape index (κ1) is 10.5. The van der Waals surface area contributed by atoms with Gasteiger partial charge in [-0.25, -0.2) is 0 Å². The molecule has 0 aliphatic carbocycles. The van der Waals surface area contributed by atoms with Crippen LogP contribution in [-0.2, 0) is 0 Å². The van der Waals surface area contributed by atoms with E-state index in [2.05, 4.69) is 39.0 Å². The molecule has 0 aromatic carbocycles. The second-order valence-electron chi connectivity index (χ2n) is 3.13. The van der Waals surface area contributed by atoms with Gasteiger partial charge in [0.05, 0.1) is 0 Å². The maximum atomic E-state index is 2.32. The molecule has 0 unspecified atom stereocenters. The van der Waals surface area contributed by atoms with Gasteiger partial charge in [0, 0.05) is 0 Å². The van der Waals surface area contributed by atoms with Gasteiger partial charge in [-0.15, -0.1) is 0 Å². The molecule has 0 rings (SSSR count). The van der Waals surface area contributed by atoms with Gasteiger partial charge in [-0.3, -0.25) is 0 Å². The minimum atomic E-state index is 1.24. The van der Waals surface area contributed by atoms with Crippen LogP contribution in [0.15, 0.2) is 23.8 Å². The van der Waals surface area contributed by atoms with E-state index in [9.17, 15) is 0 Å². The molecule has 0 atom stereocenters. The zero-order valence-electron chi connectivity index (χ0n) is 8.06. The summed E-state index contributed by atoms with van der Waals surface area (Å²) in [5, 5.41) is 0. The summed E-state index contributed by atoms with van der Waals surface area (Å²) in [5.41, 5.74) is 1.44. The Morgan fingerprint density at radius 3 is 2.27 bits per heavy atom. The molecule has 0 radical (unpaired) electrons. The third-order valence-corrected chi connectivity index (χ3v) is 1.61. The number of allylic oxidation sites excluding steroid dienone is 4. The fourth-order valence-electron chi connectivity index (χ4n) is 0.964. The molecule has 11 heavy (non-hydrogen) atoms. The summed E-state index contributed by atoms with van der Waals surface area (Å²) in [5.74, 6) is 0. The van der Waals surface area contributed by atoms with Crippen LogP contribution >= 0.6 is 0 Å². The Labute approximate surface area is 71.0 Å². The van der Waals surface area contributed by atoms with Gasteiger partial charge in [-0.05, 0) is 46.5 Å². The Balaban J connectivity index is 3.09. The first-order chi connectivity index (χ1) is 5.27. The molecule has 0 saturated carbocycles. The predicted molar refractivity (Wildman–Crippen MR) is 52.7 cm³/mol. The average Bonchev–Trinajstić information content (AvgIpc) is 1.96. The Kier molecular flexibility index (Phi) is 7.23. The summed E-state index contributed by atoms with van der Waals surface area (Å²) >= 11 is 0. The number of hydrogen-bond acceptors (Lipinski definition) is 0. The highest BCUT2D eigenvalue weighted by Crippen LogP contribution is 2.03. The molecular weight excluding hydrogens is 132 g/mol. The standard InChI is InChI=1S/C11H20/c1-4-5-6-7-8-9-10-11(2)3/h4-5,10H,6-9H2,1-3H3. The lowest BCUT2D eigenvalue weighted by molar-refractivity contribution is 0.759. The van der Waals surface area contributed by atoms with Crippen LogP contribution in [0.2, 0.25) is 0 Å². The van der Waals surface area contributed by atoms with E-state index < -0.39 is 0 Å². The van der Waals surface area contributed by atoms with Crippen molar-refractivity contribution >= 4 is 0 Å². The molecular formula is C11H20. The van der Waals surface area contributed by atoms with Crippen molar-refractivity contribution in [3.05, 3.63) is 23.8 Å². The zero-order chi connectivity index (χ0) is 8.53. The van der Waals surface area contributed by atoms with E-state index in [1.165, 1.54) is 31.3 Å². The summed E-state index contributed by atoms with van der Waals surface area (Å²) in [4.78, 5) is 0. The molecule has 0 aliphatic rings. The third-order valence-electron chi connectivity index (χ3n) is 1.61. The lowest BCUT2D eigenvalue weighted by Crippen LogP contribution is -1.73. The Bertz CT molecular complexity index is 125. The van der Waals surface area contributed by atoms with Gasteiger partial charge in [0.1, 0.15) is 0 Å². The summed E-state index contributed by atoms with van der Waals surface area (Å²) in [6.07, 6.45) is 11.8. The van der Waals surface area contributed by atoms with Gasteiger partial charge in [0.15, 0.2) is 0 Å². The van der Waals surface area contributed by atoms with Crippen LogP contribution in [0, 0.1) is 0 Å². The normalized spacial score (nSPS) is 10.5. The molecule has 0 bridgehead atoms. The van der Waals surface area contributed by atoms with Crippen molar-refractivity contribution in [3.63, 3.8) is 0 Å². The monoisotopic (exact) mass is 152 g/mol. The predicted octanol–water partition coefficient (Wildman–Crippen LogP) is 4.09. The SMILES string of the molecule is CC=CCCCCC=C(C)C. The Hall–Kier alpha value is -0.520. The Morgan fingerprint density at radius 2 is 1.73 bits per heavy atom. The van der Waals surface area contributed by atoms with E-state index in [1.54, 1.807) is 0 Å². The topological polar surface area (TPSA) is 0 Å². The fourth-order valence-corrected chi connectivity index (χ4v) is 0.964. The average molecular weight is 152 g/mol. The van der Waals surface area contributed by atoms with E-state index in [0.29, 0.717) is 0 Å². The minimum absolute atomic E-state index is 1.24. The molecule has 0 aliphatic heterocycles. The van der Waals surface area contributed by atoms with E-state index in [1.807, 2.05) is 0 Å². The van der Waals surface area contributed by atoms with Gasteiger partial charge >= 0.3 is 0 Å². The molecule has 64 valence electrons. The van der Waals surface area contributed by atoms with Gasteiger partial charge in [0.25, 0.3) is 0 Å². The molecule has 0 heterocycles. The molecule has 0 aromatic rings. The van der Waals surface area contributed by atoms with Crippen LogP contribution in [0.3, 0.4) is 0 Å². The van der Waals surface area contributed by atoms with Crippen molar-refractivity contribution in [2.24, 2.45) is 0 Å². The minimum Gasteiger partial charge on any atom is -0.0917 e. The molecule has 0 spiro atoms. The van der Waals surface area contributed by atoms with Crippen LogP contribution in [0.5, 0.6) is 0 Å². The van der Waals surface area contributed by atoms with E-state index in [0.717, 1.165) is 0 Å². The first-order valence-electron chi connectivity index (χ1n) is 4.52. The largest absolute Gasteiger partial charge is 0.0917 e. The smallest absolute Gasteiger partial charge is 0.0348 e. The number of hydrogen-bond donors (Lipinski definition) is 0. The second kappa shape index (κ2) is 7.59. The van der Waals surface area contributed by atoms with Crippen LogP contribution in [0.4, 0.5) is 0 Å². The van der Waals surface area contributed by atoms with Crippen LogP contribution in [0.1, 0.15) is 46.5 Å². The van der Waals surface area contributed by atoms with Crippen molar-refractivity contribution in [1.82, 2.24) is 0 Å². The van der Waals surface area contributed by atoms with E-state index >= 15 is 0 Å². The maximum Gasteiger partial charge on any atom is -0.0348 e. The summed E-state index contributed by atoms with van der Waals surface area (Å²) < 4.78 is 0. The lowest BCUT2D eigenvalue weighted by atomic mass is 10.1. The molecule has 0 fully saturated rings. The summed E-state index contributed by atoms with van der Waals surface area (Å²) in [6.45, 7) is 6.40. The van der Waals surface area contributed by atoms with Gasteiger partial charge in [0.2, 0.25) is 0 Å². The highest BCUT2D eigenvalue weighted by atomic mass is 13.9. The number of unbranched alkanes of at least 4 members (excludes halogenated alkanes) is 3. The molecule has 0 nitrogen and oxygen atoms in total. The van der Waals surface area contributed by atoms with Crippen molar-refractivity contribution in [1.29, 1.82) is 0 Å². The zero-order valence-corrected chi connectivity index (χ0v) is 8.06. The molecule has 0 amide bonds. The van der Waals surface area contributed by atoms with Crippen molar-refractivity contribution in [2.45, 2.75) is 46.5 Å². The van der Waals surface area contributed by atoms with E-state index in [-0.39, 0.29) is 0 Å². The quantitative estimate of drug-likeness (QED) is 0.411. The van der Waals surface area contributed by atoms with Crippen molar-refractivity contribution in [2.75, 3.05) is 0 Å². The van der Waals surface area contributed by atoms with Crippen molar-refractivity contribution < 1.29 is 0 Å². The summed E-state index contributed by atoms with van der Waals surface area (Å²) in [6, 6.07) is 0. The first-order valence-corrected chi connectivity index (χ1v) is 4.52. The summed E-state index contributed by atoms with van der Waals surface area (Å²) in [7, 11) is 0. The van der Waals surface area contributed by atoms with E-state index in [4.69, 9.17) is 0 Å². The Morgan fingerprint density at radius 1 is 1.09 bits per heavy atom. The van der Waals surface area contributed by atoms with Gasteiger partial charge in [-0.1, -0.05) is 23.8 Å². The van der Waals surface area contributed by atoms with Crippen LogP contribution in [0.25, 0.3) is 0 Å². The third kappa shape index (κ3) is 9.48.